The average molecular weight is 318 g/mol. The van der Waals surface area contributed by atoms with Gasteiger partial charge in [-0.1, -0.05) is 0 Å². The highest BCUT2D eigenvalue weighted by atomic mass is 35.7. The topological polar surface area (TPSA) is 72.5 Å². The molecule has 0 bridgehead atoms. The number of amides is 1. The standard InChI is InChI=1S/C13H16ClNO4S/c1-19-12-4-2-3-11(12)15-13(16)9-5-7-10(8-6-9)20(14,17)18/h5-8,11-12H,2-4H2,1H3,(H,15,16). The predicted molar refractivity (Wildman–Crippen MR) is 75.4 cm³/mol. The van der Waals surface area contributed by atoms with Gasteiger partial charge in [0, 0.05) is 23.4 Å². The fraction of sp³-hybridized carbons (Fsp3) is 0.462. The molecule has 110 valence electrons. The van der Waals surface area contributed by atoms with Gasteiger partial charge in [-0.15, -0.1) is 0 Å². The molecule has 2 atom stereocenters. The summed E-state index contributed by atoms with van der Waals surface area (Å²) in [5.41, 5.74) is 0.399. The Morgan fingerprint density at radius 1 is 1.30 bits per heavy atom. The maximum atomic E-state index is 12.1. The minimum Gasteiger partial charge on any atom is -0.379 e. The number of methoxy groups -OCH3 is 1. The van der Waals surface area contributed by atoms with Crippen molar-refractivity contribution in [1.82, 2.24) is 5.32 Å². The summed E-state index contributed by atoms with van der Waals surface area (Å²) < 4.78 is 27.6. The number of ether oxygens (including phenoxy) is 1. The van der Waals surface area contributed by atoms with Gasteiger partial charge in [-0.05, 0) is 43.5 Å². The van der Waals surface area contributed by atoms with Crippen LogP contribution in [0.2, 0.25) is 0 Å². The lowest BCUT2D eigenvalue weighted by atomic mass is 10.1. The lowest BCUT2D eigenvalue weighted by molar-refractivity contribution is 0.0722. The quantitative estimate of drug-likeness (QED) is 0.861. The molecule has 20 heavy (non-hydrogen) atoms. The summed E-state index contributed by atoms with van der Waals surface area (Å²) in [5, 5.41) is 2.91. The third-order valence-electron chi connectivity index (χ3n) is 3.47. The second kappa shape index (κ2) is 6.11. The SMILES string of the molecule is COC1CCCC1NC(=O)c1ccc(S(=O)(=O)Cl)cc1. The molecule has 1 aromatic rings. The molecule has 2 rings (SSSR count). The van der Waals surface area contributed by atoms with E-state index in [-0.39, 0.29) is 22.9 Å². The highest BCUT2D eigenvalue weighted by molar-refractivity contribution is 8.13. The molecule has 0 aliphatic heterocycles. The molecule has 5 nitrogen and oxygen atoms in total. The van der Waals surface area contributed by atoms with E-state index in [2.05, 4.69) is 5.32 Å². The summed E-state index contributed by atoms with van der Waals surface area (Å²) in [5.74, 6) is -0.238. The summed E-state index contributed by atoms with van der Waals surface area (Å²) in [6, 6.07) is 5.53. The van der Waals surface area contributed by atoms with Gasteiger partial charge in [0.1, 0.15) is 0 Å². The van der Waals surface area contributed by atoms with Crippen LogP contribution in [0, 0.1) is 0 Å². The number of halogens is 1. The Morgan fingerprint density at radius 2 is 1.95 bits per heavy atom. The van der Waals surface area contributed by atoms with E-state index in [1.807, 2.05) is 0 Å². The second-order valence-corrected chi connectivity index (χ2v) is 7.31. The number of hydrogen-bond acceptors (Lipinski definition) is 4. The fourth-order valence-corrected chi connectivity index (χ4v) is 3.16. The van der Waals surface area contributed by atoms with E-state index in [1.54, 1.807) is 7.11 Å². The maximum Gasteiger partial charge on any atom is 0.261 e. The fourth-order valence-electron chi connectivity index (χ4n) is 2.39. The van der Waals surface area contributed by atoms with Crippen molar-refractivity contribution in [1.29, 1.82) is 0 Å². The predicted octanol–water partition coefficient (Wildman–Crippen LogP) is 1.91. The average Bonchev–Trinajstić information content (AvgIpc) is 2.85. The first kappa shape index (κ1) is 15.3. The number of rotatable bonds is 4. The Morgan fingerprint density at radius 3 is 2.50 bits per heavy atom. The lowest BCUT2D eigenvalue weighted by Gasteiger charge is -2.19. The zero-order valence-corrected chi connectivity index (χ0v) is 12.6. The van der Waals surface area contributed by atoms with Gasteiger partial charge in [0.15, 0.2) is 0 Å². The van der Waals surface area contributed by atoms with Crippen molar-refractivity contribution in [2.24, 2.45) is 0 Å². The second-order valence-electron chi connectivity index (χ2n) is 4.75. The molecule has 1 saturated carbocycles. The molecule has 1 aliphatic carbocycles. The van der Waals surface area contributed by atoms with Crippen LogP contribution in [0.1, 0.15) is 29.6 Å². The smallest absolute Gasteiger partial charge is 0.261 e. The highest BCUT2D eigenvalue weighted by Gasteiger charge is 2.28. The van der Waals surface area contributed by atoms with Gasteiger partial charge in [0.2, 0.25) is 0 Å². The Balaban J connectivity index is 2.06. The number of carbonyl (C=O) groups excluding carboxylic acids is 1. The number of carbonyl (C=O) groups is 1. The molecule has 1 aromatic carbocycles. The van der Waals surface area contributed by atoms with Crippen molar-refractivity contribution in [3.63, 3.8) is 0 Å². The molecule has 0 radical (unpaired) electrons. The van der Waals surface area contributed by atoms with Crippen LogP contribution in [0.4, 0.5) is 0 Å². The van der Waals surface area contributed by atoms with Crippen molar-refractivity contribution >= 4 is 25.6 Å². The molecular weight excluding hydrogens is 302 g/mol. The Kier molecular flexibility index (Phi) is 4.67. The van der Waals surface area contributed by atoms with Crippen LogP contribution in [0.3, 0.4) is 0 Å². The van der Waals surface area contributed by atoms with Crippen molar-refractivity contribution in [2.75, 3.05) is 7.11 Å². The van der Waals surface area contributed by atoms with E-state index in [0.29, 0.717) is 5.56 Å². The first-order valence-electron chi connectivity index (χ1n) is 6.30. The first-order chi connectivity index (χ1) is 9.41. The number of hydrogen-bond donors (Lipinski definition) is 1. The van der Waals surface area contributed by atoms with E-state index in [4.69, 9.17) is 15.4 Å². The Hall–Kier alpha value is -1.11. The Bertz CT molecular complexity index is 585. The van der Waals surface area contributed by atoms with Crippen LogP contribution in [-0.4, -0.2) is 33.6 Å². The Labute approximate surface area is 122 Å². The molecule has 1 fully saturated rings. The number of nitrogens with one attached hydrogen (secondary N) is 1. The molecule has 7 heteroatoms. The van der Waals surface area contributed by atoms with E-state index in [1.165, 1.54) is 24.3 Å². The summed E-state index contributed by atoms with van der Waals surface area (Å²) in [7, 11) is 3.10. The van der Waals surface area contributed by atoms with Gasteiger partial charge < -0.3 is 10.1 Å². The molecule has 0 saturated heterocycles. The summed E-state index contributed by atoms with van der Waals surface area (Å²) in [6.07, 6.45) is 2.89. The zero-order chi connectivity index (χ0) is 14.8. The molecule has 0 aromatic heterocycles. The summed E-state index contributed by atoms with van der Waals surface area (Å²) >= 11 is 0. The van der Waals surface area contributed by atoms with Crippen LogP contribution in [0.15, 0.2) is 29.2 Å². The largest absolute Gasteiger partial charge is 0.379 e. The molecule has 1 aliphatic rings. The first-order valence-corrected chi connectivity index (χ1v) is 8.61. The van der Waals surface area contributed by atoms with Crippen LogP contribution in [0.5, 0.6) is 0 Å². The summed E-state index contributed by atoms with van der Waals surface area (Å²) in [6.45, 7) is 0. The van der Waals surface area contributed by atoms with Crippen molar-refractivity contribution in [3.8, 4) is 0 Å². The highest BCUT2D eigenvalue weighted by Crippen LogP contribution is 2.22. The molecule has 0 spiro atoms. The normalized spacial score (nSPS) is 22.7. The van der Waals surface area contributed by atoms with E-state index in [9.17, 15) is 13.2 Å². The van der Waals surface area contributed by atoms with Gasteiger partial charge in [-0.3, -0.25) is 4.79 Å². The van der Waals surface area contributed by atoms with Crippen LogP contribution in [0.25, 0.3) is 0 Å². The van der Waals surface area contributed by atoms with Crippen LogP contribution < -0.4 is 5.32 Å². The van der Waals surface area contributed by atoms with E-state index in [0.717, 1.165) is 19.3 Å². The lowest BCUT2D eigenvalue weighted by Crippen LogP contribution is -2.40. The molecule has 0 heterocycles. The van der Waals surface area contributed by atoms with E-state index < -0.39 is 9.05 Å². The van der Waals surface area contributed by atoms with Gasteiger partial charge >= 0.3 is 0 Å². The molecule has 2 unspecified atom stereocenters. The zero-order valence-electron chi connectivity index (χ0n) is 11.0. The van der Waals surface area contributed by atoms with Crippen molar-refractivity contribution in [2.45, 2.75) is 36.3 Å². The van der Waals surface area contributed by atoms with Gasteiger partial charge in [0.25, 0.3) is 15.0 Å². The van der Waals surface area contributed by atoms with E-state index >= 15 is 0 Å². The molecular formula is C13H16ClNO4S. The van der Waals surface area contributed by atoms with Gasteiger partial charge in [-0.25, -0.2) is 8.42 Å². The van der Waals surface area contributed by atoms with Crippen LogP contribution in [-0.2, 0) is 13.8 Å². The minimum atomic E-state index is -3.76. The van der Waals surface area contributed by atoms with Crippen LogP contribution >= 0.6 is 10.7 Å². The number of benzene rings is 1. The monoisotopic (exact) mass is 317 g/mol. The summed E-state index contributed by atoms with van der Waals surface area (Å²) in [4.78, 5) is 12.1. The van der Waals surface area contributed by atoms with Crippen molar-refractivity contribution < 1.29 is 17.9 Å². The van der Waals surface area contributed by atoms with Crippen molar-refractivity contribution in [3.05, 3.63) is 29.8 Å². The van der Waals surface area contributed by atoms with Gasteiger partial charge in [-0.2, -0.15) is 0 Å². The maximum absolute atomic E-state index is 12.1. The molecule has 1 amide bonds. The minimum absolute atomic E-state index is 0.00364. The third kappa shape index (κ3) is 3.50. The third-order valence-corrected chi connectivity index (χ3v) is 4.84. The van der Waals surface area contributed by atoms with Gasteiger partial charge in [0.05, 0.1) is 17.0 Å². The molecule has 1 N–H and O–H groups in total.